The highest BCUT2D eigenvalue weighted by Gasteiger charge is 2.13. The number of rotatable bonds is 6. The van der Waals surface area contributed by atoms with Gasteiger partial charge in [0.2, 0.25) is 5.91 Å². The molecule has 0 saturated carbocycles. The van der Waals surface area contributed by atoms with Crippen molar-refractivity contribution in [2.75, 3.05) is 14.2 Å². The SMILES string of the molecule is COc1cccc(/C=N\NC(=O)Cc2nc3sc(C)c(C)c3c(=O)[nH]2)c1OC. The molecule has 0 spiro atoms. The lowest BCUT2D eigenvalue weighted by molar-refractivity contribution is -0.120. The number of carbonyl (C=O) groups is 1. The van der Waals surface area contributed by atoms with Crippen LogP contribution in [0.3, 0.4) is 0 Å². The van der Waals surface area contributed by atoms with E-state index in [4.69, 9.17) is 9.47 Å². The minimum atomic E-state index is -0.398. The molecule has 0 bridgehead atoms. The van der Waals surface area contributed by atoms with Crippen molar-refractivity contribution < 1.29 is 14.3 Å². The van der Waals surface area contributed by atoms with Crippen molar-refractivity contribution >= 4 is 33.7 Å². The Morgan fingerprint density at radius 3 is 2.82 bits per heavy atom. The zero-order valence-corrected chi connectivity index (χ0v) is 16.8. The van der Waals surface area contributed by atoms with Gasteiger partial charge < -0.3 is 14.5 Å². The molecule has 9 heteroatoms. The summed E-state index contributed by atoms with van der Waals surface area (Å²) in [5.74, 6) is 0.980. The van der Waals surface area contributed by atoms with Crippen molar-refractivity contribution in [3.05, 3.63) is 50.4 Å². The highest BCUT2D eigenvalue weighted by Crippen LogP contribution is 2.29. The number of hydrazone groups is 1. The maximum atomic E-state index is 12.3. The Kier molecular flexibility index (Phi) is 5.74. The van der Waals surface area contributed by atoms with Crippen LogP contribution >= 0.6 is 11.3 Å². The molecule has 0 aliphatic rings. The van der Waals surface area contributed by atoms with Crippen LogP contribution in [0.5, 0.6) is 11.5 Å². The number of aromatic amines is 1. The van der Waals surface area contributed by atoms with Crippen LogP contribution in [-0.4, -0.2) is 36.3 Å². The van der Waals surface area contributed by atoms with Gasteiger partial charge in [-0.25, -0.2) is 10.4 Å². The molecule has 1 amide bonds. The molecule has 2 N–H and O–H groups in total. The molecule has 2 heterocycles. The van der Waals surface area contributed by atoms with Crippen molar-refractivity contribution in [2.45, 2.75) is 20.3 Å². The Morgan fingerprint density at radius 1 is 1.32 bits per heavy atom. The van der Waals surface area contributed by atoms with Gasteiger partial charge >= 0.3 is 0 Å². The van der Waals surface area contributed by atoms with Crippen molar-refractivity contribution in [3.63, 3.8) is 0 Å². The predicted molar refractivity (Wildman–Crippen MR) is 109 cm³/mol. The van der Waals surface area contributed by atoms with Gasteiger partial charge in [0.1, 0.15) is 10.7 Å². The average molecular weight is 400 g/mol. The highest BCUT2D eigenvalue weighted by atomic mass is 32.1. The molecule has 8 nitrogen and oxygen atoms in total. The summed E-state index contributed by atoms with van der Waals surface area (Å²) in [4.78, 5) is 33.1. The van der Waals surface area contributed by atoms with E-state index < -0.39 is 5.91 Å². The molecule has 1 aromatic carbocycles. The number of fused-ring (bicyclic) bond motifs is 1. The first-order valence-corrected chi connectivity index (χ1v) is 9.28. The third-order valence-corrected chi connectivity index (χ3v) is 5.34. The van der Waals surface area contributed by atoms with E-state index in [-0.39, 0.29) is 12.0 Å². The number of para-hydroxylation sites is 1. The summed E-state index contributed by atoms with van der Waals surface area (Å²) in [6.07, 6.45) is 1.37. The Morgan fingerprint density at radius 2 is 2.11 bits per heavy atom. The number of nitrogens with zero attached hydrogens (tertiary/aromatic N) is 2. The van der Waals surface area contributed by atoms with Crippen molar-refractivity contribution in [1.29, 1.82) is 0 Å². The standard InChI is InChI=1S/C19H20N4O4S/c1-10-11(2)28-19-16(10)18(25)21-14(22-19)8-15(24)23-20-9-12-6-5-7-13(26-3)17(12)27-4/h5-7,9H,8H2,1-4H3,(H,23,24)(H,21,22,25)/b20-9-. The van der Waals surface area contributed by atoms with Crippen LogP contribution in [-0.2, 0) is 11.2 Å². The van der Waals surface area contributed by atoms with E-state index in [2.05, 4.69) is 20.5 Å². The number of thiophene rings is 1. The first-order chi connectivity index (χ1) is 13.4. The molecule has 0 aliphatic heterocycles. The van der Waals surface area contributed by atoms with Gasteiger partial charge in [0.15, 0.2) is 11.5 Å². The number of ether oxygens (including phenoxy) is 2. The average Bonchev–Trinajstić information content (AvgIpc) is 2.95. The number of benzene rings is 1. The number of carbonyl (C=O) groups excluding carboxylic acids is 1. The molecular weight excluding hydrogens is 380 g/mol. The number of aromatic nitrogens is 2. The second-order valence-corrected chi connectivity index (χ2v) is 7.23. The molecule has 146 valence electrons. The maximum absolute atomic E-state index is 12.3. The van der Waals surface area contributed by atoms with Crippen molar-refractivity contribution in [3.8, 4) is 11.5 Å². The molecule has 0 unspecified atom stereocenters. The van der Waals surface area contributed by atoms with E-state index in [1.165, 1.54) is 24.7 Å². The maximum Gasteiger partial charge on any atom is 0.259 e. The number of H-pyrrole nitrogens is 1. The van der Waals surface area contributed by atoms with Crippen LogP contribution < -0.4 is 20.5 Å². The van der Waals surface area contributed by atoms with E-state index >= 15 is 0 Å². The molecule has 28 heavy (non-hydrogen) atoms. The van der Waals surface area contributed by atoms with Crippen molar-refractivity contribution in [2.24, 2.45) is 5.10 Å². The number of nitrogens with one attached hydrogen (secondary N) is 2. The second kappa shape index (κ2) is 8.22. The summed E-state index contributed by atoms with van der Waals surface area (Å²) in [5.41, 5.74) is 3.76. The molecular formula is C19H20N4O4S. The summed E-state index contributed by atoms with van der Waals surface area (Å²) in [7, 11) is 3.07. The lowest BCUT2D eigenvalue weighted by Gasteiger charge is -2.09. The summed E-state index contributed by atoms with van der Waals surface area (Å²) >= 11 is 1.44. The van der Waals surface area contributed by atoms with Gasteiger partial charge in [0.25, 0.3) is 5.56 Å². The van der Waals surface area contributed by atoms with Gasteiger partial charge in [-0.15, -0.1) is 11.3 Å². The topological polar surface area (TPSA) is 106 Å². The van der Waals surface area contributed by atoms with Crippen LogP contribution in [0.4, 0.5) is 0 Å². The first kappa shape index (κ1) is 19.6. The molecule has 0 aliphatic carbocycles. The number of hydrogen-bond acceptors (Lipinski definition) is 7. The fourth-order valence-corrected chi connectivity index (χ4v) is 3.81. The second-order valence-electron chi connectivity index (χ2n) is 6.03. The molecule has 3 rings (SSSR count). The molecule has 0 fully saturated rings. The summed E-state index contributed by atoms with van der Waals surface area (Å²) in [6.45, 7) is 3.83. The van der Waals surface area contributed by atoms with E-state index in [1.807, 2.05) is 13.8 Å². The highest BCUT2D eigenvalue weighted by molar-refractivity contribution is 7.18. The van der Waals surface area contributed by atoms with Gasteiger partial charge in [-0.3, -0.25) is 9.59 Å². The van der Waals surface area contributed by atoms with E-state index in [9.17, 15) is 9.59 Å². The van der Waals surface area contributed by atoms with Gasteiger partial charge in [-0.05, 0) is 31.5 Å². The monoisotopic (exact) mass is 400 g/mol. The largest absolute Gasteiger partial charge is 0.493 e. The third-order valence-electron chi connectivity index (χ3n) is 4.24. The summed E-state index contributed by atoms with van der Waals surface area (Å²) in [6, 6.07) is 5.34. The number of aryl methyl sites for hydroxylation is 2. The third kappa shape index (κ3) is 3.89. The lowest BCUT2D eigenvalue weighted by Crippen LogP contribution is -2.23. The summed E-state index contributed by atoms with van der Waals surface area (Å²) in [5, 5.41) is 4.53. The van der Waals surface area contributed by atoms with E-state index in [0.717, 1.165) is 10.4 Å². The van der Waals surface area contributed by atoms with E-state index in [0.29, 0.717) is 33.1 Å². The van der Waals surface area contributed by atoms with Crippen molar-refractivity contribution in [1.82, 2.24) is 15.4 Å². The molecule has 3 aromatic rings. The Balaban J connectivity index is 1.72. The normalized spacial score (nSPS) is 11.1. The van der Waals surface area contributed by atoms with Gasteiger partial charge in [0, 0.05) is 10.4 Å². The summed E-state index contributed by atoms with van der Waals surface area (Å²) < 4.78 is 10.5. The van der Waals surface area contributed by atoms with Crippen LogP contribution in [0.25, 0.3) is 10.2 Å². The van der Waals surface area contributed by atoms with E-state index in [1.54, 1.807) is 25.3 Å². The van der Waals surface area contributed by atoms with Crippen LogP contribution in [0.1, 0.15) is 21.8 Å². The number of methoxy groups -OCH3 is 2. The molecule has 0 atom stereocenters. The lowest BCUT2D eigenvalue weighted by atomic mass is 10.2. The van der Waals surface area contributed by atoms with Crippen LogP contribution in [0.15, 0.2) is 28.1 Å². The fourth-order valence-electron chi connectivity index (χ4n) is 2.76. The quantitative estimate of drug-likeness (QED) is 0.488. The molecule has 2 aromatic heterocycles. The smallest absolute Gasteiger partial charge is 0.259 e. The minimum absolute atomic E-state index is 0.0895. The predicted octanol–water partition coefficient (Wildman–Crippen LogP) is 2.31. The Bertz CT molecular complexity index is 1120. The van der Waals surface area contributed by atoms with Crippen LogP contribution in [0, 0.1) is 13.8 Å². The Labute approximate surface area is 165 Å². The minimum Gasteiger partial charge on any atom is -0.493 e. The van der Waals surface area contributed by atoms with Gasteiger partial charge in [-0.2, -0.15) is 5.10 Å². The molecule has 0 saturated heterocycles. The van der Waals surface area contributed by atoms with Gasteiger partial charge in [-0.1, -0.05) is 6.07 Å². The number of hydrogen-bond donors (Lipinski definition) is 2. The van der Waals surface area contributed by atoms with Gasteiger partial charge in [0.05, 0.1) is 32.2 Å². The fraction of sp³-hybridized carbons (Fsp3) is 0.263. The zero-order valence-electron chi connectivity index (χ0n) is 16.0. The molecule has 0 radical (unpaired) electrons. The first-order valence-electron chi connectivity index (χ1n) is 8.46. The number of amides is 1. The zero-order chi connectivity index (χ0) is 20.3. The Hall–Kier alpha value is -3.20. The van der Waals surface area contributed by atoms with Crippen LogP contribution in [0.2, 0.25) is 0 Å².